The van der Waals surface area contributed by atoms with E-state index >= 15 is 0 Å². The Morgan fingerprint density at radius 3 is 2.59 bits per heavy atom. The molecule has 0 saturated heterocycles. The first-order valence-electron chi connectivity index (χ1n) is 8.81. The van der Waals surface area contributed by atoms with Crippen molar-refractivity contribution in [3.05, 3.63) is 53.9 Å². The average Bonchev–Trinajstić information content (AvgIpc) is 3.06. The Morgan fingerprint density at radius 1 is 1.15 bits per heavy atom. The molecule has 2 heterocycles. The Kier molecular flexibility index (Phi) is 4.53. The second kappa shape index (κ2) is 6.86. The summed E-state index contributed by atoms with van der Waals surface area (Å²) >= 11 is 0. The highest BCUT2D eigenvalue weighted by molar-refractivity contribution is 7.88. The molecule has 7 nitrogen and oxygen atoms in total. The molecular weight excluding hydrogens is 362 g/mol. The van der Waals surface area contributed by atoms with Crippen LogP contribution in [0.25, 0.3) is 22.8 Å². The fraction of sp³-hybridized carbons (Fsp3) is 0.316. The van der Waals surface area contributed by atoms with E-state index in [-0.39, 0.29) is 6.04 Å². The van der Waals surface area contributed by atoms with Crippen LogP contribution in [0.4, 0.5) is 0 Å². The minimum absolute atomic E-state index is 0.150. The van der Waals surface area contributed by atoms with Crippen LogP contribution in [-0.4, -0.2) is 40.5 Å². The van der Waals surface area contributed by atoms with Crippen molar-refractivity contribution in [2.45, 2.75) is 25.3 Å². The van der Waals surface area contributed by atoms with Gasteiger partial charge in [0.1, 0.15) is 5.69 Å². The summed E-state index contributed by atoms with van der Waals surface area (Å²) in [6.45, 7) is 0. The van der Waals surface area contributed by atoms with Crippen LogP contribution in [0.1, 0.15) is 17.7 Å². The van der Waals surface area contributed by atoms with Gasteiger partial charge in [0.05, 0.1) is 11.9 Å². The van der Waals surface area contributed by atoms with Crippen LogP contribution in [0.2, 0.25) is 0 Å². The lowest BCUT2D eigenvalue weighted by atomic mass is 9.90. The van der Waals surface area contributed by atoms with Crippen LogP contribution < -0.4 is 4.72 Å². The Balaban J connectivity index is 1.81. The maximum atomic E-state index is 11.6. The number of sulfonamides is 1. The van der Waals surface area contributed by atoms with Crippen LogP contribution in [0.15, 0.2) is 42.6 Å². The molecule has 0 spiro atoms. The van der Waals surface area contributed by atoms with E-state index in [1.54, 1.807) is 4.68 Å². The van der Waals surface area contributed by atoms with Crippen molar-refractivity contribution < 1.29 is 8.42 Å². The summed E-state index contributed by atoms with van der Waals surface area (Å²) in [6.07, 6.45) is 5.06. The van der Waals surface area contributed by atoms with E-state index in [9.17, 15) is 8.42 Å². The summed E-state index contributed by atoms with van der Waals surface area (Å²) in [5, 5.41) is 4.52. The van der Waals surface area contributed by atoms with E-state index in [4.69, 9.17) is 9.97 Å². The van der Waals surface area contributed by atoms with Gasteiger partial charge < -0.3 is 0 Å². The van der Waals surface area contributed by atoms with E-state index in [1.807, 2.05) is 49.6 Å². The molecule has 1 aliphatic rings. The van der Waals surface area contributed by atoms with Crippen molar-refractivity contribution in [3.8, 4) is 22.8 Å². The molecule has 1 atom stereocenters. The van der Waals surface area contributed by atoms with Crippen molar-refractivity contribution in [2.75, 3.05) is 6.26 Å². The lowest BCUT2D eigenvalue weighted by Crippen LogP contribution is -2.38. The van der Waals surface area contributed by atoms with Crippen LogP contribution in [-0.2, 0) is 29.9 Å². The van der Waals surface area contributed by atoms with E-state index in [2.05, 4.69) is 9.82 Å². The third kappa shape index (κ3) is 3.91. The number of nitrogens with zero attached hydrogens (tertiary/aromatic N) is 4. The predicted molar refractivity (Wildman–Crippen MR) is 103 cm³/mol. The summed E-state index contributed by atoms with van der Waals surface area (Å²) < 4.78 is 27.7. The first-order chi connectivity index (χ1) is 12.9. The van der Waals surface area contributed by atoms with Crippen molar-refractivity contribution in [1.82, 2.24) is 24.5 Å². The molecule has 1 aliphatic carbocycles. The third-order valence-corrected chi connectivity index (χ3v) is 5.41. The van der Waals surface area contributed by atoms with Crippen molar-refractivity contribution in [1.29, 1.82) is 0 Å². The molecule has 1 unspecified atom stereocenters. The highest BCUT2D eigenvalue weighted by Crippen LogP contribution is 2.31. The Labute approximate surface area is 158 Å². The molecule has 3 aromatic rings. The number of fused-ring (bicyclic) bond motifs is 1. The van der Waals surface area contributed by atoms with Gasteiger partial charge in [-0.15, -0.1) is 0 Å². The largest absolute Gasteiger partial charge is 0.275 e. The first-order valence-corrected chi connectivity index (χ1v) is 10.7. The van der Waals surface area contributed by atoms with Gasteiger partial charge in [0, 0.05) is 42.5 Å². The fourth-order valence-electron chi connectivity index (χ4n) is 3.49. The van der Waals surface area contributed by atoms with Gasteiger partial charge in [0.15, 0.2) is 5.82 Å². The molecule has 1 N–H and O–H groups in total. The number of aromatic nitrogens is 4. The van der Waals surface area contributed by atoms with E-state index in [0.717, 1.165) is 28.2 Å². The smallest absolute Gasteiger partial charge is 0.208 e. The molecule has 8 heteroatoms. The van der Waals surface area contributed by atoms with Crippen LogP contribution >= 0.6 is 0 Å². The van der Waals surface area contributed by atoms with Crippen molar-refractivity contribution in [3.63, 3.8) is 0 Å². The zero-order valence-corrected chi connectivity index (χ0v) is 16.1. The lowest BCUT2D eigenvalue weighted by molar-refractivity contribution is 0.504. The van der Waals surface area contributed by atoms with E-state index in [0.29, 0.717) is 25.1 Å². The molecule has 0 amide bonds. The molecule has 0 aliphatic heterocycles. The van der Waals surface area contributed by atoms with E-state index < -0.39 is 10.0 Å². The normalized spacial score (nSPS) is 16.9. The monoisotopic (exact) mass is 383 g/mol. The van der Waals surface area contributed by atoms with Crippen LogP contribution in [0.5, 0.6) is 0 Å². The standard InChI is InChI=1S/C19H21N5O2S/c1-24-11-10-16(22-24)18-15-9-8-14(23-27(2,25)26)12-17(15)20-19(21-18)13-6-4-3-5-7-13/h3-7,10-11,14,23H,8-9,12H2,1-2H3. The van der Waals surface area contributed by atoms with Gasteiger partial charge in [-0.25, -0.2) is 23.1 Å². The van der Waals surface area contributed by atoms with Gasteiger partial charge in [-0.3, -0.25) is 4.68 Å². The first kappa shape index (κ1) is 17.8. The van der Waals surface area contributed by atoms with Gasteiger partial charge in [0.25, 0.3) is 0 Å². The van der Waals surface area contributed by atoms with Gasteiger partial charge in [-0.1, -0.05) is 30.3 Å². The van der Waals surface area contributed by atoms with Crippen molar-refractivity contribution in [2.24, 2.45) is 7.05 Å². The van der Waals surface area contributed by atoms with Gasteiger partial charge in [-0.2, -0.15) is 5.10 Å². The lowest BCUT2D eigenvalue weighted by Gasteiger charge is -2.25. The maximum Gasteiger partial charge on any atom is 0.208 e. The average molecular weight is 383 g/mol. The molecule has 1 aromatic carbocycles. The molecule has 2 aromatic heterocycles. The van der Waals surface area contributed by atoms with Crippen molar-refractivity contribution >= 4 is 10.0 Å². The minimum atomic E-state index is -3.26. The van der Waals surface area contributed by atoms with Gasteiger partial charge >= 0.3 is 0 Å². The van der Waals surface area contributed by atoms with E-state index in [1.165, 1.54) is 6.26 Å². The summed E-state index contributed by atoms with van der Waals surface area (Å²) in [5.74, 6) is 0.634. The molecule has 0 radical (unpaired) electrons. The predicted octanol–water partition coefficient (Wildman–Crippen LogP) is 1.95. The summed E-state index contributed by atoms with van der Waals surface area (Å²) in [4.78, 5) is 9.59. The minimum Gasteiger partial charge on any atom is -0.275 e. The van der Waals surface area contributed by atoms with Crippen LogP contribution in [0.3, 0.4) is 0 Å². The quantitative estimate of drug-likeness (QED) is 0.744. The summed E-state index contributed by atoms with van der Waals surface area (Å²) in [7, 11) is -1.38. The highest BCUT2D eigenvalue weighted by atomic mass is 32.2. The fourth-order valence-corrected chi connectivity index (χ4v) is 4.30. The number of nitrogens with one attached hydrogen (secondary N) is 1. The second-order valence-electron chi connectivity index (χ2n) is 6.89. The molecular formula is C19H21N5O2S. The Morgan fingerprint density at radius 2 is 1.93 bits per heavy atom. The molecule has 140 valence electrons. The van der Waals surface area contributed by atoms with Gasteiger partial charge in [-0.05, 0) is 18.9 Å². The summed E-state index contributed by atoms with van der Waals surface area (Å²) in [5.41, 5.74) is 4.51. The third-order valence-electron chi connectivity index (χ3n) is 4.64. The summed E-state index contributed by atoms with van der Waals surface area (Å²) in [6, 6.07) is 11.6. The molecule has 0 saturated carbocycles. The Hall–Kier alpha value is -2.58. The second-order valence-corrected chi connectivity index (χ2v) is 8.67. The number of benzene rings is 1. The zero-order valence-electron chi connectivity index (χ0n) is 15.3. The number of rotatable bonds is 4. The molecule has 4 rings (SSSR count). The topological polar surface area (TPSA) is 89.8 Å². The SMILES string of the molecule is Cn1ccc(-c2nc(-c3ccccc3)nc3c2CCC(NS(C)(=O)=O)C3)n1. The number of hydrogen-bond acceptors (Lipinski definition) is 5. The maximum absolute atomic E-state index is 11.6. The Bertz CT molecular complexity index is 1080. The molecule has 27 heavy (non-hydrogen) atoms. The number of hydrogen-bond donors (Lipinski definition) is 1. The molecule has 0 fully saturated rings. The van der Waals surface area contributed by atoms with Gasteiger partial charge in [0.2, 0.25) is 10.0 Å². The van der Waals surface area contributed by atoms with Crippen LogP contribution in [0, 0.1) is 0 Å². The number of aryl methyl sites for hydroxylation is 1. The molecule has 0 bridgehead atoms. The zero-order chi connectivity index (χ0) is 19.0. The highest BCUT2D eigenvalue weighted by Gasteiger charge is 2.27.